The molecule has 0 saturated carbocycles. The molecule has 7 nitrogen and oxygen atoms in total. The van der Waals surface area contributed by atoms with Crippen molar-refractivity contribution in [2.75, 3.05) is 17.2 Å². The van der Waals surface area contributed by atoms with Crippen molar-refractivity contribution in [3.8, 4) is 11.3 Å². The van der Waals surface area contributed by atoms with Crippen molar-refractivity contribution in [3.63, 3.8) is 0 Å². The van der Waals surface area contributed by atoms with E-state index in [1.807, 2.05) is 24.3 Å². The monoisotopic (exact) mass is 350 g/mol. The maximum atomic E-state index is 12.0. The van der Waals surface area contributed by atoms with Crippen molar-refractivity contribution in [3.05, 3.63) is 47.3 Å². The number of amides is 1. The fourth-order valence-electron chi connectivity index (χ4n) is 3.00. The van der Waals surface area contributed by atoms with E-state index >= 15 is 0 Å². The van der Waals surface area contributed by atoms with Gasteiger partial charge in [-0.05, 0) is 31.9 Å². The predicted molar refractivity (Wildman–Crippen MR) is 103 cm³/mol. The van der Waals surface area contributed by atoms with Crippen LogP contribution in [-0.4, -0.2) is 28.1 Å². The SMILES string of the molecule is CC(=N)C(CCNc1ncc2c(n1)-c1ccccc1NC(=O)C2)=C(C)N. The summed E-state index contributed by atoms with van der Waals surface area (Å²) in [6.45, 7) is 4.09. The lowest BCUT2D eigenvalue weighted by molar-refractivity contribution is -0.115. The number of aromatic nitrogens is 2. The van der Waals surface area contributed by atoms with Crippen LogP contribution in [0.15, 0.2) is 41.7 Å². The second-order valence-electron chi connectivity index (χ2n) is 6.30. The van der Waals surface area contributed by atoms with E-state index in [0.29, 0.717) is 30.3 Å². The molecule has 1 aliphatic rings. The Bertz CT molecular complexity index is 899. The zero-order valence-electron chi connectivity index (χ0n) is 14.9. The van der Waals surface area contributed by atoms with Gasteiger partial charge in [0.25, 0.3) is 0 Å². The molecule has 0 bridgehead atoms. The van der Waals surface area contributed by atoms with E-state index in [9.17, 15) is 4.79 Å². The predicted octanol–water partition coefficient (Wildman–Crippen LogP) is 2.71. The molecule has 0 radical (unpaired) electrons. The molecule has 0 spiro atoms. The molecule has 134 valence electrons. The van der Waals surface area contributed by atoms with Crippen LogP contribution >= 0.6 is 0 Å². The number of rotatable bonds is 5. The zero-order valence-corrected chi connectivity index (χ0v) is 14.9. The standard InChI is InChI=1S/C19H22N6O/c1-11(20)14(12(2)21)7-8-22-19-23-10-13-9-17(26)24-16-6-4-3-5-15(16)18(13)25-19/h3-6,10,20H,7-9,21H2,1-2H3,(H,24,26)(H,22,23,25). The average molecular weight is 350 g/mol. The van der Waals surface area contributed by atoms with Gasteiger partial charge in [0.15, 0.2) is 0 Å². The highest BCUT2D eigenvalue weighted by atomic mass is 16.1. The van der Waals surface area contributed by atoms with Gasteiger partial charge in [0, 0.05) is 35.3 Å². The molecule has 0 saturated heterocycles. The van der Waals surface area contributed by atoms with Crippen LogP contribution in [0.1, 0.15) is 25.8 Å². The van der Waals surface area contributed by atoms with Crippen molar-refractivity contribution in [2.24, 2.45) is 5.73 Å². The number of hydrogen-bond donors (Lipinski definition) is 4. The van der Waals surface area contributed by atoms with Gasteiger partial charge in [0.05, 0.1) is 17.8 Å². The summed E-state index contributed by atoms with van der Waals surface area (Å²) >= 11 is 0. The van der Waals surface area contributed by atoms with Crippen LogP contribution in [0.5, 0.6) is 0 Å². The maximum Gasteiger partial charge on any atom is 0.228 e. The maximum absolute atomic E-state index is 12.0. The quantitative estimate of drug-likeness (QED) is 0.619. The highest BCUT2D eigenvalue weighted by Crippen LogP contribution is 2.32. The van der Waals surface area contributed by atoms with E-state index in [1.165, 1.54) is 0 Å². The van der Waals surface area contributed by atoms with Crippen LogP contribution in [0.4, 0.5) is 11.6 Å². The lowest BCUT2D eigenvalue weighted by atomic mass is 10.1. The van der Waals surface area contributed by atoms with Gasteiger partial charge in [-0.25, -0.2) is 9.97 Å². The normalized spacial score (nSPS) is 13.7. The molecule has 0 unspecified atom stereocenters. The first-order valence-electron chi connectivity index (χ1n) is 8.45. The molecule has 5 N–H and O–H groups in total. The first-order valence-corrected chi connectivity index (χ1v) is 8.45. The summed E-state index contributed by atoms with van der Waals surface area (Å²) in [4.78, 5) is 21.0. The van der Waals surface area contributed by atoms with Crippen LogP contribution in [0.25, 0.3) is 11.3 Å². The van der Waals surface area contributed by atoms with Crippen LogP contribution in [0, 0.1) is 5.41 Å². The van der Waals surface area contributed by atoms with E-state index < -0.39 is 0 Å². The van der Waals surface area contributed by atoms with Gasteiger partial charge >= 0.3 is 0 Å². The third-order valence-corrected chi connectivity index (χ3v) is 4.26. The summed E-state index contributed by atoms with van der Waals surface area (Å²) in [6.07, 6.45) is 2.56. The Morgan fingerprint density at radius 3 is 2.85 bits per heavy atom. The summed E-state index contributed by atoms with van der Waals surface area (Å²) in [5.74, 6) is 0.416. The van der Waals surface area contributed by atoms with E-state index in [-0.39, 0.29) is 12.3 Å². The van der Waals surface area contributed by atoms with Crippen LogP contribution in [0.3, 0.4) is 0 Å². The van der Waals surface area contributed by atoms with Crippen molar-refractivity contribution < 1.29 is 4.79 Å². The highest BCUT2D eigenvalue weighted by Gasteiger charge is 2.20. The molecule has 1 amide bonds. The molecule has 0 atom stereocenters. The van der Waals surface area contributed by atoms with E-state index in [2.05, 4.69) is 20.6 Å². The first kappa shape index (κ1) is 17.6. The summed E-state index contributed by atoms with van der Waals surface area (Å²) in [5, 5.41) is 13.9. The molecule has 0 fully saturated rings. The van der Waals surface area contributed by atoms with E-state index in [1.54, 1.807) is 20.0 Å². The third kappa shape index (κ3) is 3.72. The minimum absolute atomic E-state index is 0.0739. The van der Waals surface area contributed by atoms with Gasteiger partial charge in [0.2, 0.25) is 11.9 Å². The second kappa shape index (κ2) is 7.35. The topological polar surface area (TPSA) is 117 Å². The van der Waals surface area contributed by atoms with Gasteiger partial charge in [-0.15, -0.1) is 0 Å². The Balaban J connectivity index is 1.84. The highest BCUT2D eigenvalue weighted by molar-refractivity contribution is 6.00. The number of nitrogens with zero attached hydrogens (tertiary/aromatic N) is 2. The fourth-order valence-corrected chi connectivity index (χ4v) is 3.00. The average Bonchev–Trinajstić information content (AvgIpc) is 2.73. The minimum Gasteiger partial charge on any atom is -0.402 e. The third-order valence-electron chi connectivity index (χ3n) is 4.26. The van der Waals surface area contributed by atoms with Crippen molar-refractivity contribution in [1.82, 2.24) is 9.97 Å². The number of nitrogens with one attached hydrogen (secondary N) is 3. The Morgan fingerprint density at radius 2 is 2.12 bits per heavy atom. The number of para-hydroxylation sites is 1. The Hall–Kier alpha value is -3.22. The molecule has 1 aromatic carbocycles. The molecule has 1 aromatic heterocycles. The number of fused-ring (bicyclic) bond motifs is 3. The number of allylic oxidation sites excluding steroid dienone is 1. The van der Waals surface area contributed by atoms with E-state index in [4.69, 9.17) is 11.1 Å². The summed E-state index contributed by atoms with van der Waals surface area (Å²) < 4.78 is 0. The van der Waals surface area contributed by atoms with Crippen LogP contribution < -0.4 is 16.4 Å². The van der Waals surface area contributed by atoms with Crippen molar-refractivity contribution >= 4 is 23.3 Å². The fraction of sp³-hybridized carbons (Fsp3) is 0.263. The number of hydrogen-bond acceptors (Lipinski definition) is 6. The molecular weight excluding hydrogens is 328 g/mol. The van der Waals surface area contributed by atoms with Gasteiger partial charge < -0.3 is 21.8 Å². The molecule has 0 aliphatic carbocycles. The minimum atomic E-state index is -0.0739. The summed E-state index contributed by atoms with van der Waals surface area (Å²) in [6, 6.07) is 7.61. The molecule has 3 rings (SSSR count). The first-order chi connectivity index (χ1) is 12.5. The Kier molecular flexibility index (Phi) is 4.97. The van der Waals surface area contributed by atoms with Gasteiger partial charge in [0.1, 0.15) is 0 Å². The number of benzene rings is 1. The molecule has 2 heterocycles. The number of carbonyl (C=O) groups excluding carboxylic acids is 1. The summed E-state index contributed by atoms with van der Waals surface area (Å²) in [7, 11) is 0. The molecule has 1 aliphatic heterocycles. The number of nitrogens with two attached hydrogens (primary N) is 1. The largest absolute Gasteiger partial charge is 0.402 e. The van der Waals surface area contributed by atoms with Crippen molar-refractivity contribution in [2.45, 2.75) is 26.7 Å². The molecular formula is C19H22N6O. The second-order valence-corrected chi connectivity index (χ2v) is 6.30. The number of anilines is 2. The van der Waals surface area contributed by atoms with Crippen LogP contribution in [0.2, 0.25) is 0 Å². The van der Waals surface area contributed by atoms with Crippen LogP contribution in [-0.2, 0) is 11.2 Å². The summed E-state index contributed by atoms with van der Waals surface area (Å²) in [5.41, 5.74) is 11.0. The number of carbonyl (C=O) groups is 1. The Labute approximate surface area is 152 Å². The molecule has 26 heavy (non-hydrogen) atoms. The Morgan fingerprint density at radius 1 is 1.35 bits per heavy atom. The molecule has 2 aromatic rings. The van der Waals surface area contributed by atoms with Gasteiger partial charge in [-0.3, -0.25) is 4.79 Å². The lowest BCUT2D eigenvalue weighted by Gasteiger charge is -2.12. The zero-order chi connectivity index (χ0) is 18.7. The van der Waals surface area contributed by atoms with Gasteiger partial charge in [-0.1, -0.05) is 18.2 Å². The smallest absolute Gasteiger partial charge is 0.228 e. The lowest BCUT2D eigenvalue weighted by Crippen LogP contribution is -2.14. The molecule has 7 heteroatoms. The van der Waals surface area contributed by atoms with E-state index in [0.717, 1.165) is 28.1 Å². The van der Waals surface area contributed by atoms with Crippen molar-refractivity contribution in [1.29, 1.82) is 5.41 Å². The van der Waals surface area contributed by atoms with Gasteiger partial charge in [-0.2, -0.15) is 0 Å².